The van der Waals surface area contributed by atoms with Gasteiger partial charge in [0.25, 0.3) is 0 Å². The topological polar surface area (TPSA) is 51.8 Å². The molecule has 0 aliphatic heterocycles. The predicted octanol–water partition coefficient (Wildman–Crippen LogP) is 2.74. The smallest absolute Gasteiger partial charge is 0.0967 e. The van der Waals surface area contributed by atoms with E-state index >= 15 is 0 Å². The molecule has 0 atom stereocenters. The molecule has 1 aromatic carbocycles. The number of aromatic nitrogens is 5. The highest BCUT2D eigenvalue weighted by atomic mass is 15.4. The molecular weight excluding hydrogens is 300 g/mol. The van der Waals surface area contributed by atoms with E-state index in [2.05, 4.69) is 48.1 Å². The van der Waals surface area contributed by atoms with Crippen molar-refractivity contribution in [2.75, 3.05) is 7.05 Å². The molecule has 6 nitrogen and oxygen atoms in total. The standard InChI is InChI=1S/C18H24N6/c1-18(2,3)22(4)13-16-14-23(21-20-16)11-15-10-19-24(12-15)17-8-6-5-7-9-17/h5-10,12,14H,11,13H2,1-4H3. The van der Waals surface area contributed by atoms with Gasteiger partial charge in [-0.05, 0) is 40.0 Å². The number of para-hydroxylation sites is 1. The molecule has 0 saturated heterocycles. The summed E-state index contributed by atoms with van der Waals surface area (Å²) in [5, 5.41) is 12.9. The molecule has 0 aliphatic carbocycles. The van der Waals surface area contributed by atoms with Crippen LogP contribution < -0.4 is 0 Å². The van der Waals surface area contributed by atoms with E-state index in [4.69, 9.17) is 0 Å². The Morgan fingerprint density at radius 2 is 1.83 bits per heavy atom. The third kappa shape index (κ3) is 3.89. The van der Waals surface area contributed by atoms with Crippen LogP contribution in [-0.4, -0.2) is 42.3 Å². The fourth-order valence-corrected chi connectivity index (χ4v) is 2.32. The number of hydrogen-bond donors (Lipinski definition) is 0. The summed E-state index contributed by atoms with van der Waals surface area (Å²) in [7, 11) is 2.10. The quantitative estimate of drug-likeness (QED) is 0.724. The number of hydrogen-bond acceptors (Lipinski definition) is 4. The van der Waals surface area contributed by atoms with Crippen LogP contribution in [0, 0.1) is 0 Å². The highest BCUT2D eigenvalue weighted by Crippen LogP contribution is 2.14. The van der Waals surface area contributed by atoms with Crippen molar-refractivity contribution >= 4 is 0 Å². The van der Waals surface area contributed by atoms with Crippen molar-refractivity contribution < 1.29 is 0 Å². The van der Waals surface area contributed by atoms with Crippen molar-refractivity contribution in [2.24, 2.45) is 0 Å². The molecule has 0 bridgehead atoms. The second kappa shape index (κ2) is 6.57. The highest BCUT2D eigenvalue weighted by Gasteiger charge is 2.18. The molecule has 2 aromatic heterocycles. The molecule has 0 aliphatic rings. The summed E-state index contributed by atoms with van der Waals surface area (Å²) in [5.74, 6) is 0. The lowest BCUT2D eigenvalue weighted by Gasteiger charge is -2.30. The van der Waals surface area contributed by atoms with Crippen molar-refractivity contribution in [2.45, 2.75) is 39.4 Å². The molecule has 3 aromatic rings. The van der Waals surface area contributed by atoms with E-state index in [1.54, 1.807) is 0 Å². The van der Waals surface area contributed by atoms with Crippen LogP contribution in [0.5, 0.6) is 0 Å². The van der Waals surface area contributed by atoms with Crippen molar-refractivity contribution in [3.8, 4) is 5.69 Å². The van der Waals surface area contributed by atoms with Gasteiger partial charge in [0.15, 0.2) is 0 Å². The van der Waals surface area contributed by atoms with Crippen LogP contribution in [0.25, 0.3) is 5.69 Å². The zero-order chi connectivity index (χ0) is 17.2. The van der Waals surface area contributed by atoms with Gasteiger partial charge in [0, 0.05) is 23.8 Å². The molecule has 6 heteroatoms. The van der Waals surface area contributed by atoms with Crippen LogP contribution >= 0.6 is 0 Å². The van der Waals surface area contributed by atoms with E-state index in [0.717, 1.165) is 23.5 Å². The van der Waals surface area contributed by atoms with E-state index < -0.39 is 0 Å². The first-order valence-electron chi connectivity index (χ1n) is 8.11. The lowest BCUT2D eigenvalue weighted by Crippen LogP contribution is -2.37. The highest BCUT2D eigenvalue weighted by molar-refractivity contribution is 5.30. The minimum atomic E-state index is 0.112. The molecule has 0 saturated carbocycles. The number of benzene rings is 1. The molecule has 24 heavy (non-hydrogen) atoms. The van der Waals surface area contributed by atoms with Gasteiger partial charge >= 0.3 is 0 Å². The minimum Gasteiger partial charge on any atom is -0.296 e. The van der Waals surface area contributed by atoms with E-state index in [1.165, 1.54) is 0 Å². The molecule has 0 amide bonds. The van der Waals surface area contributed by atoms with Crippen LogP contribution in [0.4, 0.5) is 0 Å². The van der Waals surface area contributed by atoms with Gasteiger partial charge < -0.3 is 0 Å². The third-order valence-electron chi connectivity index (χ3n) is 4.13. The predicted molar refractivity (Wildman–Crippen MR) is 93.9 cm³/mol. The second-order valence-corrected chi connectivity index (χ2v) is 7.06. The Labute approximate surface area is 142 Å². The summed E-state index contributed by atoms with van der Waals surface area (Å²) in [6.07, 6.45) is 5.90. The van der Waals surface area contributed by atoms with Crippen molar-refractivity contribution in [3.05, 3.63) is 60.2 Å². The first-order chi connectivity index (χ1) is 11.4. The largest absolute Gasteiger partial charge is 0.296 e. The monoisotopic (exact) mass is 324 g/mol. The van der Waals surface area contributed by atoms with Gasteiger partial charge in [0.2, 0.25) is 0 Å². The molecule has 0 unspecified atom stereocenters. The summed E-state index contributed by atoms with van der Waals surface area (Å²) in [6.45, 7) is 8.02. The average molecular weight is 324 g/mol. The zero-order valence-corrected chi connectivity index (χ0v) is 14.7. The molecule has 3 rings (SSSR count). The van der Waals surface area contributed by atoms with E-state index in [9.17, 15) is 0 Å². The van der Waals surface area contributed by atoms with Crippen molar-refractivity contribution in [1.29, 1.82) is 0 Å². The Morgan fingerprint density at radius 1 is 1.08 bits per heavy atom. The Bertz CT molecular complexity index is 781. The first kappa shape index (κ1) is 16.4. The molecule has 0 N–H and O–H groups in total. The van der Waals surface area contributed by atoms with E-state index in [1.807, 2.05) is 58.3 Å². The van der Waals surface area contributed by atoms with Crippen LogP contribution in [-0.2, 0) is 13.1 Å². The first-order valence-corrected chi connectivity index (χ1v) is 8.11. The molecule has 0 fully saturated rings. The molecule has 126 valence electrons. The zero-order valence-electron chi connectivity index (χ0n) is 14.7. The summed E-state index contributed by atoms with van der Waals surface area (Å²) in [6, 6.07) is 10.1. The SMILES string of the molecule is CN(Cc1cn(Cc2cnn(-c3ccccc3)c2)nn1)C(C)(C)C. The van der Waals surface area contributed by atoms with Gasteiger partial charge in [-0.1, -0.05) is 23.4 Å². The maximum atomic E-state index is 4.42. The van der Waals surface area contributed by atoms with Crippen LogP contribution in [0.3, 0.4) is 0 Å². The molecular formula is C18H24N6. The maximum Gasteiger partial charge on any atom is 0.0967 e. The van der Waals surface area contributed by atoms with E-state index in [-0.39, 0.29) is 5.54 Å². The van der Waals surface area contributed by atoms with Gasteiger partial charge in [-0.3, -0.25) is 4.90 Å². The van der Waals surface area contributed by atoms with Gasteiger partial charge in [0.05, 0.1) is 30.3 Å². The van der Waals surface area contributed by atoms with Crippen LogP contribution in [0.15, 0.2) is 48.9 Å². The summed E-state index contributed by atoms with van der Waals surface area (Å²) >= 11 is 0. The Morgan fingerprint density at radius 3 is 2.54 bits per heavy atom. The molecule has 0 spiro atoms. The van der Waals surface area contributed by atoms with Crippen molar-refractivity contribution in [3.63, 3.8) is 0 Å². The third-order valence-corrected chi connectivity index (χ3v) is 4.13. The Kier molecular flexibility index (Phi) is 4.49. The fourth-order valence-electron chi connectivity index (χ4n) is 2.32. The minimum absolute atomic E-state index is 0.112. The Hall–Kier alpha value is -2.47. The van der Waals surface area contributed by atoms with Gasteiger partial charge in [-0.15, -0.1) is 5.10 Å². The average Bonchev–Trinajstić information content (AvgIpc) is 3.17. The number of nitrogens with zero attached hydrogens (tertiary/aromatic N) is 6. The summed E-state index contributed by atoms with van der Waals surface area (Å²) in [4.78, 5) is 2.26. The summed E-state index contributed by atoms with van der Waals surface area (Å²) in [5.41, 5.74) is 3.23. The maximum absolute atomic E-state index is 4.42. The van der Waals surface area contributed by atoms with Gasteiger partial charge in [-0.2, -0.15) is 5.10 Å². The summed E-state index contributed by atoms with van der Waals surface area (Å²) < 4.78 is 3.73. The fraction of sp³-hybridized carbons (Fsp3) is 0.389. The molecule has 2 heterocycles. The van der Waals surface area contributed by atoms with Crippen molar-refractivity contribution in [1.82, 2.24) is 29.7 Å². The lowest BCUT2D eigenvalue weighted by atomic mass is 10.1. The number of rotatable bonds is 5. The normalized spacial score (nSPS) is 12.0. The van der Waals surface area contributed by atoms with Crippen LogP contribution in [0.1, 0.15) is 32.0 Å². The van der Waals surface area contributed by atoms with E-state index in [0.29, 0.717) is 6.54 Å². The second-order valence-electron chi connectivity index (χ2n) is 7.06. The van der Waals surface area contributed by atoms with Gasteiger partial charge in [-0.25, -0.2) is 9.36 Å². The lowest BCUT2D eigenvalue weighted by molar-refractivity contribution is 0.165. The Balaban J connectivity index is 1.66. The van der Waals surface area contributed by atoms with Gasteiger partial charge in [0.1, 0.15) is 0 Å². The molecule has 0 radical (unpaired) electrons. The van der Waals surface area contributed by atoms with Crippen LogP contribution in [0.2, 0.25) is 0 Å².